The first-order valence-electron chi connectivity index (χ1n) is 6.08. The summed E-state index contributed by atoms with van der Waals surface area (Å²) in [6.45, 7) is 10.3. The molecule has 1 aliphatic rings. The van der Waals surface area contributed by atoms with Crippen molar-refractivity contribution < 1.29 is 0 Å². The Morgan fingerprint density at radius 1 is 1.33 bits per heavy atom. The number of nitrogens with zero attached hydrogens (tertiary/aromatic N) is 1. The van der Waals surface area contributed by atoms with Crippen molar-refractivity contribution in [1.29, 1.82) is 0 Å². The third-order valence-corrected chi connectivity index (χ3v) is 3.52. The molecule has 0 amide bonds. The van der Waals surface area contributed by atoms with Gasteiger partial charge in [0.2, 0.25) is 0 Å². The van der Waals surface area contributed by atoms with Crippen molar-refractivity contribution in [3.63, 3.8) is 0 Å². The van der Waals surface area contributed by atoms with E-state index < -0.39 is 0 Å². The molecule has 0 fully saturated rings. The second-order valence-electron chi connectivity index (χ2n) is 4.62. The number of hydrogen-bond acceptors (Lipinski definition) is 1. The molecule has 1 nitrogen and oxygen atoms in total. The zero-order valence-corrected chi connectivity index (χ0v) is 10.1. The summed E-state index contributed by atoms with van der Waals surface area (Å²) in [4.78, 5) is 2.53. The molecule has 0 aliphatic carbocycles. The van der Waals surface area contributed by atoms with Crippen LogP contribution < -0.4 is 0 Å². The number of hydrogen-bond donors (Lipinski definition) is 0. The van der Waals surface area contributed by atoms with Gasteiger partial charge in [-0.05, 0) is 35.6 Å². The lowest BCUT2D eigenvalue weighted by Crippen LogP contribution is -2.32. The van der Waals surface area contributed by atoms with Crippen molar-refractivity contribution in [3.8, 4) is 0 Å². The molecule has 0 unspecified atom stereocenters. The molecule has 15 heavy (non-hydrogen) atoms. The number of likely N-dealkylation sites (N-methyl/N-ethyl adjacent to an activating group) is 1. The average molecular weight is 203 g/mol. The summed E-state index contributed by atoms with van der Waals surface area (Å²) < 4.78 is 0. The lowest BCUT2D eigenvalue weighted by atomic mass is 9.89. The smallest absolute Gasteiger partial charge is 0.0236 e. The van der Waals surface area contributed by atoms with Crippen molar-refractivity contribution in [1.82, 2.24) is 4.90 Å². The molecule has 1 heteroatoms. The van der Waals surface area contributed by atoms with Crippen molar-refractivity contribution in [3.05, 3.63) is 34.9 Å². The molecule has 1 aromatic carbocycles. The van der Waals surface area contributed by atoms with Crippen molar-refractivity contribution in [2.24, 2.45) is 0 Å². The molecule has 1 aromatic rings. The van der Waals surface area contributed by atoms with Crippen LogP contribution in [0.15, 0.2) is 18.2 Å². The van der Waals surface area contributed by atoms with Crippen molar-refractivity contribution in [2.75, 3.05) is 13.1 Å². The Hall–Kier alpha value is -0.820. The SMILES string of the molecule is CCc1ccc2c(c1)CN(CC)C[C@@H]2C. The van der Waals surface area contributed by atoms with E-state index in [0.29, 0.717) is 5.92 Å². The van der Waals surface area contributed by atoms with Gasteiger partial charge >= 0.3 is 0 Å². The summed E-state index contributed by atoms with van der Waals surface area (Å²) in [5.74, 6) is 0.694. The molecule has 0 saturated heterocycles. The molecular formula is C14H21N. The van der Waals surface area contributed by atoms with Crippen LogP contribution in [0.1, 0.15) is 43.4 Å². The fraction of sp³-hybridized carbons (Fsp3) is 0.571. The van der Waals surface area contributed by atoms with Gasteiger partial charge in [-0.1, -0.05) is 39.0 Å². The Labute approximate surface area is 93.1 Å². The van der Waals surface area contributed by atoms with Crippen LogP contribution in [0, 0.1) is 0 Å². The van der Waals surface area contributed by atoms with E-state index in [1.807, 2.05) is 0 Å². The van der Waals surface area contributed by atoms with Crippen LogP contribution in [-0.4, -0.2) is 18.0 Å². The van der Waals surface area contributed by atoms with E-state index in [9.17, 15) is 0 Å². The minimum absolute atomic E-state index is 0.694. The fourth-order valence-corrected chi connectivity index (χ4v) is 2.53. The first kappa shape index (κ1) is 10.7. The van der Waals surface area contributed by atoms with E-state index in [2.05, 4.69) is 43.9 Å². The summed E-state index contributed by atoms with van der Waals surface area (Å²) in [6.07, 6.45) is 1.15. The Kier molecular flexibility index (Phi) is 3.11. The molecule has 1 heterocycles. The zero-order valence-electron chi connectivity index (χ0n) is 10.1. The topological polar surface area (TPSA) is 3.24 Å². The van der Waals surface area contributed by atoms with Crippen LogP contribution in [0.25, 0.3) is 0 Å². The highest BCUT2D eigenvalue weighted by Crippen LogP contribution is 2.28. The van der Waals surface area contributed by atoms with Gasteiger partial charge in [0.15, 0.2) is 0 Å². The zero-order chi connectivity index (χ0) is 10.8. The van der Waals surface area contributed by atoms with Crippen LogP contribution in [0.3, 0.4) is 0 Å². The highest BCUT2D eigenvalue weighted by atomic mass is 15.1. The van der Waals surface area contributed by atoms with Gasteiger partial charge in [0.25, 0.3) is 0 Å². The maximum atomic E-state index is 2.53. The fourth-order valence-electron chi connectivity index (χ4n) is 2.53. The molecular weight excluding hydrogens is 182 g/mol. The van der Waals surface area contributed by atoms with Crippen molar-refractivity contribution in [2.45, 2.75) is 39.7 Å². The molecule has 0 spiro atoms. The van der Waals surface area contributed by atoms with Crippen LogP contribution in [0.5, 0.6) is 0 Å². The third kappa shape index (κ3) is 2.07. The first-order chi connectivity index (χ1) is 7.24. The van der Waals surface area contributed by atoms with E-state index >= 15 is 0 Å². The minimum Gasteiger partial charge on any atom is -0.299 e. The van der Waals surface area contributed by atoms with E-state index in [-0.39, 0.29) is 0 Å². The summed E-state index contributed by atoms with van der Waals surface area (Å²) in [7, 11) is 0. The molecule has 1 atom stereocenters. The number of rotatable bonds is 2. The molecule has 2 rings (SSSR count). The third-order valence-electron chi connectivity index (χ3n) is 3.52. The van der Waals surface area contributed by atoms with E-state index in [4.69, 9.17) is 0 Å². The van der Waals surface area contributed by atoms with Gasteiger partial charge < -0.3 is 0 Å². The molecule has 0 radical (unpaired) electrons. The molecule has 0 saturated carbocycles. The van der Waals surface area contributed by atoms with Gasteiger partial charge in [-0.2, -0.15) is 0 Å². The Balaban J connectivity index is 2.33. The van der Waals surface area contributed by atoms with Gasteiger partial charge in [0, 0.05) is 13.1 Å². The first-order valence-corrected chi connectivity index (χ1v) is 6.08. The predicted octanol–water partition coefficient (Wildman–Crippen LogP) is 3.19. The van der Waals surface area contributed by atoms with Gasteiger partial charge in [-0.15, -0.1) is 0 Å². The Morgan fingerprint density at radius 2 is 2.13 bits per heavy atom. The van der Waals surface area contributed by atoms with Crippen LogP contribution in [0.4, 0.5) is 0 Å². The molecule has 1 aliphatic heterocycles. The summed E-state index contributed by atoms with van der Waals surface area (Å²) >= 11 is 0. The maximum absolute atomic E-state index is 2.53. The summed E-state index contributed by atoms with van der Waals surface area (Å²) in [6, 6.07) is 7.02. The normalized spacial score (nSPS) is 21.4. The quantitative estimate of drug-likeness (QED) is 0.713. The van der Waals surface area contributed by atoms with Crippen LogP contribution >= 0.6 is 0 Å². The second kappa shape index (κ2) is 4.36. The maximum Gasteiger partial charge on any atom is 0.0236 e. The molecule has 0 N–H and O–H groups in total. The van der Waals surface area contributed by atoms with E-state index in [0.717, 1.165) is 13.0 Å². The van der Waals surface area contributed by atoms with Gasteiger partial charge in [-0.3, -0.25) is 4.90 Å². The second-order valence-corrected chi connectivity index (χ2v) is 4.62. The standard InChI is InChI=1S/C14H21N/c1-4-12-6-7-14-11(3)9-15(5-2)10-13(14)8-12/h6-8,11H,4-5,9-10H2,1-3H3/t11-/m0/s1. The number of aryl methyl sites for hydroxylation is 1. The summed E-state index contributed by atoms with van der Waals surface area (Å²) in [5, 5.41) is 0. The largest absolute Gasteiger partial charge is 0.299 e. The van der Waals surface area contributed by atoms with E-state index in [1.165, 1.54) is 18.7 Å². The van der Waals surface area contributed by atoms with Gasteiger partial charge in [0.05, 0.1) is 0 Å². The number of benzene rings is 1. The average Bonchev–Trinajstić information content (AvgIpc) is 2.28. The highest BCUT2D eigenvalue weighted by Gasteiger charge is 2.20. The van der Waals surface area contributed by atoms with Gasteiger partial charge in [0.1, 0.15) is 0 Å². The highest BCUT2D eigenvalue weighted by molar-refractivity contribution is 5.36. The molecule has 0 bridgehead atoms. The van der Waals surface area contributed by atoms with Crippen molar-refractivity contribution >= 4 is 0 Å². The Morgan fingerprint density at radius 3 is 2.80 bits per heavy atom. The van der Waals surface area contributed by atoms with E-state index in [1.54, 1.807) is 11.1 Å². The summed E-state index contributed by atoms with van der Waals surface area (Å²) in [5.41, 5.74) is 4.59. The lowest BCUT2D eigenvalue weighted by Gasteiger charge is -2.32. The lowest BCUT2D eigenvalue weighted by molar-refractivity contribution is 0.247. The monoisotopic (exact) mass is 203 g/mol. The number of fused-ring (bicyclic) bond motifs is 1. The molecule has 82 valence electrons. The minimum atomic E-state index is 0.694. The molecule has 0 aromatic heterocycles. The van der Waals surface area contributed by atoms with Gasteiger partial charge in [-0.25, -0.2) is 0 Å². The Bertz CT molecular complexity index is 343. The predicted molar refractivity (Wildman–Crippen MR) is 65.2 cm³/mol. The van der Waals surface area contributed by atoms with Crippen LogP contribution in [0.2, 0.25) is 0 Å². The van der Waals surface area contributed by atoms with Crippen LogP contribution in [-0.2, 0) is 13.0 Å².